The van der Waals surface area contributed by atoms with Crippen LogP contribution >= 0.6 is 0 Å². The second-order valence-electron chi connectivity index (χ2n) is 4.36. The van der Waals surface area contributed by atoms with E-state index in [0.717, 1.165) is 5.01 Å². The van der Waals surface area contributed by atoms with Gasteiger partial charge in [-0.05, 0) is 20.3 Å². The third kappa shape index (κ3) is 2.42. The third-order valence-corrected chi connectivity index (χ3v) is 2.57. The van der Waals surface area contributed by atoms with Gasteiger partial charge in [0.1, 0.15) is 6.04 Å². The molecule has 0 radical (unpaired) electrons. The fourth-order valence-electron chi connectivity index (χ4n) is 1.86. The maximum absolute atomic E-state index is 12.6. The molecule has 0 unspecified atom stereocenters. The Morgan fingerprint density at radius 2 is 2.07 bits per heavy atom. The molecule has 0 aliphatic carbocycles. The van der Waals surface area contributed by atoms with Crippen molar-refractivity contribution < 1.29 is 18.0 Å². The molecule has 0 saturated carbocycles. The number of nitrogens with one attached hydrogen (secondary N) is 1. The Morgan fingerprint density at radius 1 is 1.53 bits per heavy atom. The van der Waals surface area contributed by atoms with Crippen LogP contribution in [0.5, 0.6) is 0 Å². The van der Waals surface area contributed by atoms with E-state index in [9.17, 15) is 18.0 Å². The van der Waals surface area contributed by atoms with Crippen molar-refractivity contribution in [3.8, 4) is 0 Å². The first-order valence-electron chi connectivity index (χ1n) is 4.84. The summed E-state index contributed by atoms with van der Waals surface area (Å²) in [6, 6.07) is -1.61. The number of rotatable bonds is 2. The molecule has 0 spiro atoms. The molecule has 1 amide bonds. The molecule has 88 valence electrons. The fourth-order valence-corrected chi connectivity index (χ4v) is 1.86. The highest BCUT2D eigenvalue weighted by molar-refractivity contribution is 5.78. The molecule has 0 aromatic carbocycles. The minimum atomic E-state index is -4.32. The van der Waals surface area contributed by atoms with Crippen LogP contribution in [0, 0.1) is 0 Å². The molecule has 1 aliphatic heterocycles. The Balaban J connectivity index is 2.91. The van der Waals surface area contributed by atoms with Crippen molar-refractivity contribution in [2.75, 3.05) is 0 Å². The van der Waals surface area contributed by atoms with Crippen molar-refractivity contribution in [1.29, 1.82) is 0 Å². The molecule has 1 N–H and O–H groups in total. The number of carbonyl (C=O) groups is 1. The van der Waals surface area contributed by atoms with Crippen LogP contribution in [0.25, 0.3) is 0 Å². The van der Waals surface area contributed by atoms with E-state index < -0.39 is 17.8 Å². The van der Waals surface area contributed by atoms with Gasteiger partial charge in [0.25, 0.3) is 0 Å². The van der Waals surface area contributed by atoms with Crippen molar-refractivity contribution in [2.45, 2.75) is 51.4 Å². The van der Waals surface area contributed by atoms with Crippen LogP contribution in [0.4, 0.5) is 13.2 Å². The summed E-state index contributed by atoms with van der Waals surface area (Å²) in [6.07, 6.45) is -4.30. The van der Waals surface area contributed by atoms with E-state index >= 15 is 0 Å². The van der Waals surface area contributed by atoms with Gasteiger partial charge in [-0.2, -0.15) is 13.2 Å². The van der Waals surface area contributed by atoms with Gasteiger partial charge < -0.3 is 0 Å². The Labute approximate surface area is 86.6 Å². The van der Waals surface area contributed by atoms with Crippen LogP contribution in [-0.2, 0) is 4.79 Å². The fraction of sp³-hybridized carbons (Fsp3) is 0.889. The Kier molecular flexibility index (Phi) is 3.00. The summed E-state index contributed by atoms with van der Waals surface area (Å²) >= 11 is 0. The zero-order chi connectivity index (χ0) is 11.9. The summed E-state index contributed by atoms with van der Waals surface area (Å²) < 4.78 is 37.9. The first kappa shape index (κ1) is 12.3. The lowest BCUT2D eigenvalue weighted by molar-refractivity contribution is -0.201. The van der Waals surface area contributed by atoms with Gasteiger partial charge in [0.15, 0.2) is 0 Å². The van der Waals surface area contributed by atoms with Gasteiger partial charge in [-0.1, -0.05) is 6.92 Å². The maximum Gasteiger partial charge on any atom is 0.405 e. The highest BCUT2D eigenvalue weighted by atomic mass is 19.4. The zero-order valence-electron chi connectivity index (χ0n) is 8.98. The number of halogens is 3. The average Bonchev–Trinajstić information content (AvgIpc) is 2.23. The summed E-state index contributed by atoms with van der Waals surface area (Å²) in [5.74, 6) is -0.359. The smallest absolute Gasteiger partial charge is 0.288 e. The van der Waals surface area contributed by atoms with E-state index in [0.29, 0.717) is 0 Å². The second kappa shape index (κ2) is 3.66. The molecule has 1 aliphatic rings. The number of carbonyl (C=O) groups excluding carboxylic acids is 1. The number of hydrazine groups is 1. The van der Waals surface area contributed by atoms with Gasteiger partial charge in [-0.25, -0.2) is 5.01 Å². The number of hydrogen-bond donors (Lipinski definition) is 1. The highest BCUT2D eigenvalue weighted by Gasteiger charge is 2.51. The van der Waals surface area contributed by atoms with E-state index in [-0.39, 0.29) is 18.7 Å². The topological polar surface area (TPSA) is 32.3 Å². The van der Waals surface area contributed by atoms with Crippen molar-refractivity contribution in [3.05, 3.63) is 0 Å². The van der Waals surface area contributed by atoms with Gasteiger partial charge in [0, 0.05) is 12.0 Å². The van der Waals surface area contributed by atoms with Crippen molar-refractivity contribution in [2.24, 2.45) is 0 Å². The molecular weight excluding hydrogens is 209 g/mol. The molecule has 1 saturated heterocycles. The van der Waals surface area contributed by atoms with Crippen LogP contribution in [0.15, 0.2) is 0 Å². The molecule has 15 heavy (non-hydrogen) atoms. The van der Waals surface area contributed by atoms with E-state index in [1.54, 1.807) is 13.8 Å². The third-order valence-electron chi connectivity index (χ3n) is 2.57. The van der Waals surface area contributed by atoms with Gasteiger partial charge in [0.05, 0.1) is 0 Å². The number of hydrogen-bond acceptors (Lipinski definition) is 2. The monoisotopic (exact) mass is 224 g/mol. The Morgan fingerprint density at radius 3 is 2.33 bits per heavy atom. The van der Waals surface area contributed by atoms with Crippen LogP contribution in [0.1, 0.15) is 33.6 Å². The van der Waals surface area contributed by atoms with Crippen LogP contribution in [-0.4, -0.2) is 28.7 Å². The lowest BCUT2D eigenvalue weighted by Gasteiger charge is -2.37. The Hall–Kier alpha value is -0.780. The molecule has 1 atom stereocenters. The molecule has 0 bridgehead atoms. The molecule has 3 nitrogen and oxygen atoms in total. The minimum Gasteiger partial charge on any atom is -0.288 e. The lowest BCUT2D eigenvalue weighted by atomic mass is 9.99. The molecular formula is C9H15F3N2O. The lowest BCUT2D eigenvalue weighted by Crippen LogP contribution is -2.56. The first-order valence-corrected chi connectivity index (χ1v) is 4.84. The van der Waals surface area contributed by atoms with Gasteiger partial charge in [0.2, 0.25) is 5.91 Å². The van der Waals surface area contributed by atoms with Gasteiger partial charge in [-0.15, -0.1) is 0 Å². The van der Waals surface area contributed by atoms with E-state index in [1.165, 1.54) is 6.92 Å². The summed E-state index contributed by atoms with van der Waals surface area (Å²) in [4.78, 5) is 11.1. The first-order chi connectivity index (χ1) is 6.68. The zero-order valence-corrected chi connectivity index (χ0v) is 8.98. The predicted octanol–water partition coefficient (Wildman–Crippen LogP) is 1.84. The minimum absolute atomic E-state index is 0.0762. The van der Waals surface area contributed by atoms with Crippen LogP contribution in [0.2, 0.25) is 0 Å². The molecule has 6 heteroatoms. The Bertz CT molecular complexity index is 263. The van der Waals surface area contributed by atoms with Crippen LogP contribution < -0.4 is 5.43 Å². The van der Waals surface area contributed by atoms with E-state index in [1.807, 2.05) is 0 Å². The number of alkyl halides is 3. The molecule has 1 heterocycles. The SMILES string of the molecule is CC[C@H](N1NC(=O)CC1(C)C)C(F)(F)F. The molecule has 1 rings (SSSR count). The van der Waals surface area contributed by atoms with Crippen molar-refractivity contribution in [3.63, 3.8) is 0 Å². The number of amides is 1. The molecule has 1 fully saturated rings. The summed E-state index contributed by atoms with van der Waals surface area (Å²) in [5.41, 5.74) is 1.49. The van der Waals surface area contributed by atoms with Crippen molar-refractivity contribution >= 4 is 5.91 Å². The van der Waals surface area contributed by atoms with E-state index in [2.05, 4.69) is 5.43 Å². The summed E-state index contributed by atoms with van der Waals surface area (Å²) in [6.45, 7) is 4.71. The highest BCUT2D eigenvalue weighted by Crippen LogP contribution is 2.34. The summed E-state index contributed by atoms with van der Waals surface area (Å²) in [7, 11) is 0. The normalized spacial score (nSPS) is 24.0. The predicted molar refractivity (Wildman–Crippen MR) is 48.8 cm³/mol. The number of nitrogens with zero attached hydrogens (tertiary/aromatic N) is 1. The summed E-state index contributed by atoms with van der Waals surface area (Å²) in [5, 5.41) is 1.02. The molecule has 0 aromatic heterocycles. The quantitative estimate of drug-likeness (QED) is 0.776. The maximum atomic E-state index is 12.6. The van der Waals surface area contributed by atoms with E-state index in [4.69, 9.17) is 0 Å². The van der Waals surface area contributed by atoms with Gasteiger partial charge in [-0.3, -0.25) is 10.2 Å². The average molecular weight is 224 g/mol. The second-order valence-corrected chi connectivity index (χ2v) is 4.36. The van der Waals surface area contributed by atoms with Crippen LogP contribution in [0.3, 0.4) is 0 Å². The largest absolute Gasteiger partial charge is 0.405 e. The molecule has 0 aromatic rings. The van der Waals surface area contributed by atoms with Gasteiger partial charge >= 0.3 is 6.18 Å². The van der Waals surface area contributed by atoms with Crippen molar-refractivity contribution in [1.82, 2.24) is 10.4 Å². The standard InChI is InChI=1S/C9H15F3N2O/c1-4-6(9(10,11)12)14-8(2,3)5-7(15)13-14/h6H,4-5H2,1-3H3,(H,13,15)/t6-/m0/s1.